The molecule has 26 heavy (non-hydrogen) atoms. The Morgan fingerprint density at radius 3 is 2.35 bits per heavy atom. The van der Waals surface area contributed by atoms with Crippen molar-refractivity contribution in [3.63, 3.8) is 0 Å². The van der Waals surface area contributed by atoms with Crippen molar-refractivity contribution in [2.45, 2.75) is 38.3 Å². The SMILES string of the molecule is CC(C)(CNC(=O)C1(CN)CCOCC1)c1cccc(C(F)(F)F)c1.Cl. The smallest absolute Gasteiger partial charge is 0.381 e. The lowest BCUT2D eigenvalue weighted by Crippen LogP contribution is -2.51. The summed E-state index contributed by atoms with van der Waals surface area (Å²) in [5.41, 5.74) is 4.36. The summed E-state index contributed by atoms with van der Waals surface area (Å²) >= 11 is 0. The number of hydrogen-bond donors (Lipinski definition) is 2. The molecule has 0 unspecified atom stereocenters. The average molecular weight is 395 g/mol. The van der Waals surface area contributed by atoms with Crippen LogP contribution in [0.5, 0.6) is 0 Å². The van der Waals surface area contributed by atoms with Gasteiger partial charge < -0.3 is 15.8 Å². The highest BCUT2D eigenvalue weighted by molar-refractivity contribution is 5.85. The third kappa shape index (κ3) is 5.11. The molecule has 148 valence electrons. The van der Waals surface area contributed by atoms with Gasteiger partial charge in [-0.15, -0.1) is 12.4 Å². The van der Waals surface area contributed by atoms with Crippen molar-refractivity contribution >= 4 is 18.3 Å². The Hall–Kier alpha value is -1.31. The number of benzene rings is 1. The predicted octanol–water partition coefficient (Wildman–Crippen LogP) is 3.28. The van der Waals surface area contributed by atoms with E-state index in [0.29, 0.717) is 31.6 Å². The standard InChI is InChI=1S/C18H25F3N2O2.ClH/c1-16(2,13-4-3-5-14(10-13)18(19,20)21)12-23-15(24)17(11-22)6-8-25-9-7-17;/h3-5,10H,6-9,11-12,22H2,1-2H3,(H,23,24);1H. The number of ether oxygens (including phenoxy) is 1. The highest BCUT2D eigenvalue weighted by Crippen LogP contribution is 2.33. The summed E-state index contributed by atoms with van der Waals surface area (Å²) in [7, 11) is 0. The highest BCUT2D eigenvalue weighted by Gasteiger charge is 2.39. The molecule has 8 heteroatoms. The van der Waals surface area contributed by atoms with Gasteiger partial charge in [-0.2, -0.15) is 13.2 Å². The molecule has 1 amide bonds. The fourth-order valence-corrected chi connectivity index (χ4v) is 2.99. The topological polar surface area (TPSA) is 64.4 Å². The summed E-state index contributed by atoms with van der Waals surface area (Å²) in [6.07, 6.45) is -3.28. The maximum atomic E-state index is 12.9. The second kappa shape index (κ2) is 8.59. The van der Waals surface area contributed by atoms with E-state index in [2.05, 4.69) is 5.32 Å². The average Bonchev–Trinajstić information content (AvgIpc) is 2.59. The summed E-state index contributed by atoms with van der Waals surface area (Å²) in [4.78, 5) is 12.6. The van der Waals surface area contributed by atoms with Crippen molar-refractivity contribution < 1.29 is 22.7 Å². The van der Waals surface area contributed by atoms with Gasteiger partial charge in [-0.05, 0) is 24.5 Å². The van der Waals surface area contributed by atoms with Gasteiger partial charge in [0.1, 0.15) is 0 Å². The van der Waals surface area contributed by atoms with Crippen LogP contribution in [0, 0.1) is 5.41 Å². The zero-order valence-corrected chi connectivity index (χ0v) is 15.8. The van der Waals surface area contributed by atoms with Crippen molar-refractivity contribution in [3.05, 3.63) is 35.4 Å². The Bertz CT molecular complexity index is 615. The molecule has 0 saturated carbocycles. The van der Waals surface area contributed by atoms with E-state index in [1.165, 1.54) is 6.07 Å². The van der Waals surface area contributed by atoms with Crippen LogP contribution < -0.4 is 11.1 Å². The van der Waals surface area contributed by atoms with Crippen LogP contribution in [-0.4, -0.2) is 32.2 Å². The first-order chi connectivity index (χ1) is 11.6. The molecular weight excluding hydrogens is 369 g/mol. The van der Waals surface area contributed by atoms with Gasteiger partial charge in [0.15, 0.2) is 0 Å². The lowest BCUT2D eigenvalue weighted by Gasteiger charge is -2.36. The van der Waals surface area contributed by atoms with Crippen LogP contribution in [0.4, 0.5) is 13.2 Å². The van der Waals surface area contributed by atoms with Crippen LogP contribution in [0.15, 0.2) is 24.3 Å². The fraction of sp³-hybridized carbons (Fsp3) is 0.611. The van der Waals surface area contributed by atoms with Crippen molar-refractivity contribution in [1.82, 2.24) is 5.32 Å². The molecule has 1 heterocycles. The fourth-order valence-electron chi connectivity index (χ4n) is 2.99. The van der Waals surface area contributed by atoms with Crippen LogP contribution >= 0.6 is 12.4 Å². The number of halogens is 4. The van der Waals surface area contributed by atoms with Crippen molar-refractivity contribution in [1.29, 1.82) is 0 Å². The van der Waals surface area contributed by atoms with Crippen molar-refractivity contribution in [2.75, 3.05) is 26.3 Å². The molecule has 4 nitrogen and oxygen atoms in total. The number of amides is 1. The lowest BCUT2D eigenvalue weighted by molar-refractivity contribution is -0.138. The molecule has 1 aromatic carbocycles. The molecule has 1 fully saturated rings. The first kappa shape index (κ1) is 22.7. The van der Waals surface area contributed by atoms with Gasteiger partial charge in [-0.25, -0.2) is 0 Å². The van der Waals surface area contributed by atoms with E-state index in [9.17, 15) is 18.0 Å². The second-order valence-corrected chi connectivity index (χ2v) is 7.24. The molecule has 1 aliphatic heterocycles. The van der Waals surface area contributed by atoms with Crippen LogP contribution in [0.2, 0.25) is 0 Å². The molecule has 1 saturated heterocycles. The zero-order chi connectivity index (χ0) is 18.7. The summed E-state index contributed by atoms with van der Waals surface area (Å²) in [5.74, 6) is -0.154. The lowest BCUT2D eigenvalue weighted by atomic mass is 9.78. The minimum Gasteiger partial charge on any atom is -0.381 e. The van der Waals surface area contributed by atoms with E-state index in [1.807, 2.05) is 13.8 Å². The van der Waals surface area contributed by atoms with Gasteiger partial charge in [0.05, 0.1) is 11.0 Å². The van der Waals surface area contributed by atoms with E-state index in [1.54, 1.807) is 6.07 Å². The molecule has 0 aliphatic carbocycles. The molecule has 1 aromatic rings. The maximum Gasteiger partial charge on any atom is 0.416 e. The number of alkyl halides is 3. The predicted molar refractivity (Wildman–Crippen MR) is 96.3 cm³/mol. The van der Waals surface area contributed by atoms with Gasteiger partial charge in [-0.3, -0.25) is 4.79 Å². The van der Waals surface area contributed by atoms with Crippen LogP contribution in [0.25, 0.3) is 0 Å². The maximum absolute atomic E-state index is 12.9. The Labute approximate surface area is 158 Å². The molecule has 0 spiro atoms. The molecule has 0 radical (unpaired) electrons. The third-order valence-electron chi connectivity index (χ3n) is 4.98. The molecule has 2 rings (SSSR count). The van der Waals surface area contributed by atoms with Crippen molar-refractivity contribution in [2.24, 2.45) is 11.1 Å². The minimum atomic E-state index is -4.39. The van der Waals surface area contributed by atoms with E-state index < -0.39 is 22.6 Å². The van der Waals surface area contributed by atoms with Gasteiger partial charge in [0.2, 0.25) is 5.91 Å². The van der Waals surface area contributed by atoms with Gasteiger partial charge in [0.25, 0.3) is 0 Å². The second-order valence-electron chi connectivity index (χ2n) is 7.24. The zero-order valence-electron chi connectivity index (χ0n) is 15.0. The normalized spacial score (nSPS) is 17.3. The summed E-state index contributed by atoms with van der Waals surface area (Å²) < 4.78 is 44.0. The van der Waals surface area contributed by atoms with E-state index in [-0.39, 0.29) is 31.4 Å². The number of carbonyl (C=O) groups is 1. The van der Waals surface area contributed by atoms with E-state index in [0.717, 1.165) is 12.1 Å². The summed E-state index contributed by atoms with van der Waals surface area (Å²) in [6.45, 7) is 5.05. The highest BCUT2D eigenvalue weighted by atomic mass is 35.5. The molecule has 0 bridgehead atoms. The number of hydrogen-bond acceptors (Lipinski definition) is 3. The number of carbonyl (C=O) groups excluding carboxylic acids is 1. The van der Waals surface area contributed by atoms with Gasteiger partial charge >= 0.3 is 6.18 Å². The third-order valence-corrected chi connectivity index (χ3v) is 4.98. The number of nitrogens with one attached hydrogen (secondary N) is 1. The first-order valence-electron chi connectivity index (χ1n) is 8.35. The first-order valence-corrected chi connectivity index (χ1v) is 8.35. The minimum absolute atomic E-state index is 0. The Morgan fingerprint density at radius 2 is 1.81 bits per heavy atom. The van der Waals surface area contributed by atoms with Crippen molar-refractivity contribution in [3.8, 4) is 0 Å². The Morgan fingerprint density at radius 1 is 1.23 bits per heavy atom. The summed E-state index contributed by atoms with van der Waals surface area (Å²) in [6, 6.07) is 5.22. The molecule has 1 aliphatic rings. The molecular formula is C18H26ClF3N2O2. The summed E-state index contributed by atoms with van der Waals surface area (Å²) in [5, 5.41) is 2.89. The Balaban J connectivity index is 0.00000338. The molecule has 0 aromatic heterocycles. The van der Waals surface area contributed by atoms with Crippen LogP contribution in [-0.2, 0) is 21.1 Å². The van der Waals surface area contributed by atoms with Gasteiger partial charge in [-0.1, -0.05) is 32.0 Å². The molecule has 0 atom stereocenters. The number of nitrogens with two attached hydrogens (primary N) is 1. The van der Waals surface area contributed by atoms with Crippen LogP contribution in [0.1, 0.15) is 37.8 Å². The van der Waals surface area contributed by atoms with Crippen LogP contribution in [0.3, 0.4) is 0 Å². The Kier molecular flexibility index (Phi) is 7.51. The largest absolute Gasteiger partial charge is 0.416 e. The quantitative estimate of drug-likeness (QED) is 0.805. The molecule has 3 N–H and O–H groups in total. The van der Waals surface area contributed by atoms with Gasteiger partial charge in [0, 0.05) is 31.7 Å². The monoisotopic (exact) mass is 394 g/mol. The van der Waals surface area contributed by atoms with E-state index in [4.69, 9.17) is 10.5 Å². The number of rotatable bonds is 5. The van der Waals surface area contributed by atoms with E-state index >= 15 is 0 Å².